The molecule has 17 rings (SSSR count). The molecule has 15 aromatic rings. The summed E-state index contributed by atoms with van der Waals surface area (Å²) in [5.41, 5.74) is 11.1. The molecule has 0 unspecified atom stereocenters. The van der Waals surface area contributed by atoms with E-state index in [1.54, 1.807) is 0 Å². The summed E-state index contributed by atoms with van der Waals surface area (Å²) in [7, 11) is 0. The maximum atomic E-state index is 6.75. The molecule has 0 saturated carbocycles. The third-order valence-corrected chi connectivity index (χ3v) is 20.7. The van der Waals surface area contributed by atoms with Gasteiger partial charge in [0.25, 0.3) is 0 Å². The Balaban J connectivity index is 0.0000122. The van der Waals surface area contributed by atoms with Crippen LogP contribution in [0.2, 0.25) is 0 Å². The van der Waals surface area contributed by atoms with Gasteiger partial charge in [0.1, 0.15) is 52.9 Å². The number of ether oxygens (including phenoxy) is 16. The summed E-state index contributed by atoms with van der Waals surface area (Å²) < 4.78 is 104. The minimum Gasteiger partial charge on any atom is -0.487 e. The quantitative estimate of drug-likeness (QED) is 0.0254. The smallest absolute Gasteiger partial charge is 0.487 e. The normalized spacial score (nSPS) is 11.4. The fourth-order valence-corrected chi connectivity index (χ4v) is 14.4. The summed E-state index contributed by atoms with van der Waals surface area (Å²) in [6.45, 7) is 6.15. The van der Waals surface area contributed by atoms with Gasteiger partial charge in [-0.15, -0.1) is 0 Å². The van der Waals surface area contributed by atoms with Crippen LogP contribution in [0.1, 0.15) is 44.5 Å². The molecule has 0 spiro atoms. The van der Waals surface area contributed by atoms with E-state index in [1.807, 2.05) is 291 Å². The summed E-state index contributed by atoms with van der Waals surface area (Å²) in [5.74, 6) is 3.88. The van der Waals surface area contributed by atoms with Crippen LogP contribution in [0.15, 0.2) is 291 Å². The summed E-state index contributed by atoms with van der Waals surface area (Å²) >= 11 is 0. The minimum atomic E-state index is 0. The molecule has 1 radical (unpaired) electrons. The van der Waals surface area contributed by atoms with Crippen molar-refractivity contribution in [3.8, 4) is 91.5 Å². The van der Waals surface area contributed by atoms with Gasteiger partial charge >= 0.3 is 17.1 Å². The molecule has 129 heavy (non-hydrogen) atoms. The molecule has 0 fully saturated rings. The van der Waals surface area contributed by atoms with E-state index in [2.05, 4.69) is 0 Å². The van der Waals surface area contributed by atoms with Crippen molar-refractivity contribution >= 4 is 44.1 Å². The first-order chi connectivity index (χ1) is 63.5. The van der Waals surface area contributed by atoms with Crippen LogP contribution in [0.4, 0.5) is 0 Å². The first-order valence-corrected chi connectivity index (χ1v) is 42.9. The Hall–Kier alpha value is -13.4. The summed E-state index contributed by atoms with van der Waals surface area (Å²) in [6, 6.07) is 94.7. The zero-order valence-electron chi connectivity index (χ0n) is 71.1. The van der Waals surface area contributed by atoms with Crippen molar-refractivity contribution in [2.45, 2.75) is 52.9 Å². The van der Waals surface area contributed by atoms with Gasteiger partial charge in [-0.05, 0) is 115 Å². The topological polar surface area (TPSA) is 253 Å². The van der Waals surface area contributed by atoms with E-state index in [0.717, 1.165) is 44.5 Å². The van der Waals surface area contributed by atoms with E-state index in [4.69, 9.17) is 116 Å². The Morgan fingerprint density at radius 3 is 0.473 bits per heavy atom. The first-order valence-electron chi connectivity index (χ1n) is 42.9. The number of nitrogens with zero attached hydrogens (tertiary/aromatic N) is 8. The van der Waals surface area contributed by atoms with Crippen LogP contribution in [-0.4, -0.2) is 136 Å². The Labute approximate surface area is 758 Å². The number of hydrogen-bond donors (Lipinski definition) is 0. The average molecular weight is 1780 g/mol. The molecular weight excluding hydrogens is 1680 g/mol. The molecule has 3 aromatic heterocycles. The SMILES string of the molecule is [Cu+2].c1ccc(COCCOc2cc3c(cc2OCCOCc2ccccc2)-c2nc-3nc3[n-]c(nc4nc(nc5[n-]c(n2)c2cc(OCCOCc6ccccc6)c(OCCOCc6ccccc6)cc52)-c2cc(OCCOCc5ccccc5)c(OCCOCc5ccccc5)cc2-4)c2cc(OCCOCc4ccccc4)c(OCCOCc4ccccc4)cc32)cc1. The van der Waals surface area contributed by atoms with Gasteiger partial charge in [-0.25, -0.2) is 9.97 Å². The minimum absolute atomic E-state index is 0. The fraction of sp³-hybridized carbons (Fsp3) is 0.231. The first kappa shape index (κ1) is 89.0. The third kappa shape index (κ3) is 24.7. The van der Waals surface area contributed by atoms with E-state index in [9.17, 15) is 0 Å². The Morgan fingerprint density at radius 2 is 0.318 bits per heavy atom. The molecule has 659 valence electrons. The number of fused-ring (bicyclic) bond motifs is 20. The van der Waals surface area contributed by atoms with E-state index in [-0.39, 0.29) is 169 Å². The van der Waals surface area contributed by atoms with Crippen LogP contribution < -0.4 is 47.9 Å². The van der Waals surface area contributed by atoms with Crippen LogP contribution in [0.3, 0.4) is 0 Å². The van der Waals surface area contributed by atoms with Gasteiger partial charge in [-0.1, -0.05) is 243 Å². The zero-order chi connectivity index (χ0) is 86.4. The molecule has 12 aromatic carbocycles. The van der Waals surface area contributed by atoms with Crippen molar-refractivity contribution in [3.63, 3.8) is 0 Å². The van der Waals surface area contributed by atoms with Crippen LogP contribution in [0, 0.1) is 0 Å². The van der Waals surface area contributed by atoms with Crippen molar-refractivity contribution in [2.75, 3.05) is 106 Å². The number of benzene rings is 12. The van der Waals surface area contributed by atoms with E-state index in [1.165, 1.54) is 0 Å². The van der Waals surface area contributed by atoms with Crippen molar-refractivity contribution < 1.29 is 92.9 Å². The van der Waals surface area contributed by atoms with Crippen LogP contribution in [-0.2, 0) is 108 Å². The molecule has 5 heterocycles. The van der Waals surface area contributed by atoms with Crippen LogP contribution in [0.25, 0.3) is 89.7 Å². The maximum Gasteiger partial charge on any atom is 2.00 e. The zero-order valence-corrected chi connectivity index (χ0v) is 72.0. The van der Waals surface area contributed by atoms with E-state index >= 15 is 0 Å². The summed E-state index contributed by atoms with van der Waals surface area (Å²) in [4.78, 5) is 43.7. The molecule has 25 heteroatoms. The molecule has 2 aliphatic heterocycles. The molecule has 0 amide bonds. The molecular formula is C104H96CuN8O16. The molecule has 0 aliphatic carbocycles. The second-order valence-electron chi connectivity index (χ2n) is 30.0. The Kier molecular flexibility index (Phi) is 32.0. The van der Waals surface area contributed by atoms with Crippen molar-refractivity contribution in [1.82, 2.24) is 39.9 Å². The largest absolute Gasteiger partial charge is 2.00 e. The predicted octanol–water partition coefficient (Wildman–Crippen LogP) is 18.9. The molecule has 2 aliphatic rings. The second kappa shape index (κ2) is 46.4. The van der Waals surface area contributed by atoms with Crippen LogP contribution in [0.5, 0.6) is 46.0 Å². The second-order valence-corrected chi connectivity index (χ2v) is 30.0. The predicted molar refractivity (Wildman–Crippen MR) is 487 cm³/mol. The van der Waals surface area contributed by atoms with Gasteiger partial charge in [0.05, 0.1) is 129 Å². The molecule has 24 nitrogen and oxygen atoms in total. The van der Waals surface area contributed by atoms with Gasteiger partial charge in [0.2, 0.25) is 0 Å². The van der Waals surface area contributed by atoms with Gasteiger partial charge in [-0.2, -0.15) is 0 Å². The van der Waals surface area contributed by atoms with Crippen LogP contribution >= 0.6 is 0 Å². The molecule has 0 N–H and O–H groups in total. The molecule has 0 saturated heterocycles. The maximum absolute atomic E-state index is 6.75. The fourth-order valence-electron chi connectivity index (χ4n) is 14.4. The summed E-state index contributed by atoms with van der Waals surface area (Å²) in [6.07, 6.45) is 0. The van der Waals surface area contributed by atoms with Crippen molar-refractivity contribution in [1.29, 1.82) is 0 Å². The standard InChI is InChI=1S/C104H96N8O16.Cu/c1-9-25-73(26-10-1)65-113-41-49-121-89-57-81-82(58-90(89)122-50-42-114-66-74-27-11-2-12-28-74)98-105-97(81)109-99-83-59-91(123-51-43-115-67-75-29-13-3-14-30-75)92(124-52-44-116-68-76-31-15-4-16-32-76)60-84(83)101(106-99)111-103-87-63-95(127-55-47-119-71-79-37-21-7-22-38-79)96(128-56-48-120-72-80-39-23-8-24-40-80)64-88(87)104(108-103)112-102-86-62-94(126-54-46-118-70-78-35-19-6-20-36-78)93(61-85(86)100(107-102)110-98)125-53-45-117-69-77-33-17-5-18-34-77;/h1-40,57-64H,41-56,65-72H2;/q-2;+2. The van der Waals surface area contributed by atoms with Crippen molar-refractivity contribution in [2.24, 2.45) is 0 Å². The molecule has 8 bridgehead atoms. The van der Waals surface area contributed by atoms with Crippen molar-refractivity contribution in [3.05, 3.63) is 336 Å². The number of hydrogen-bond acceptors (Lipinski definition) is 22. The number of rotatable bonds is 48. The van der Waals surface area contributed by atoms with Gasteiger partial charge in [0.15, 0.2) is 46.0 Å². The Morgan fingerprint density at radius 1 is 0.171 bits per heavy atom. The average Bonchev–Trinajstić information content (AvgIpc) is 1.59. The molecule has 0 atom stereocenters. The summed E-state index contributed by atoms with van der Waals surface area (Å²) in [5, 5.41) is 2.09. The monoisotopic (exact) mass is 1780 g/mol. The van der Waals surface area contributed by atoms with Gasteiger partial charge < -0.3 is 106 Å². The Bertz CT molecular complexity index is 5510. The van der Waals surface area contributed by atoms with Gasteiger partial charge in [-0.3, -0.25) is 0 Å². The number of aromatic nitrogens is 8. The van der Waals surface area contributed by atoms with E-state index in [0.29, 0.717) is 143 Å². The van der Waals surface area contributed by atoms with E-state index < -0.39 is 0 Å². The third-order valence-electron chi connectivity index (χ3n) is 20.7. The van der Waals surface area contributed by atoms with Gasteiger partial charge in [0, 0.05) is 44.8 Å².